The molecule has 3 nitrogen and oxygen atoms in total. The van der Waals surface area contributed by atoms with Crippen molar-refractivity contribution in [3.63, 3.8) is 0 Å². The van der Waals surface area contributed by atoms with Crippen molar-refractivity contribution in [1.82, 2.24) is 14.9 Å². The molecule has 3 heteroatoms. The van der Waals surface area contributed by atoms with Crippen LogP contribution in [0, 0.1) is 0 Å². The van der Waals surface area contributed by atoms with Crippen molar-refractivity contribution in [3.8, 4) is 22.3 Å². The molecule has 0 aromatic heterocycles. The molecule has 7 aromatic carbocycles. The molecule has 1 aliphatic carbocycles. The summed E-state index contributed by atoms with van der Waals surface area (Å²) >= 11 is 0. The molecule has 50 heavy (non-hydrogen) atoms. The number of hydrogen-bond donors (Lipinski definition) is 0. The van der Waals surface area contributed by atoms with Crippen LogP contribution in [-0.2, 0) is 5.41 Å². The van der Waals surface area contributed by atoms with Crippen LogP contribution in [0.1, 0.15) is 57.4 Å². The quantitative estimate of drug-likeness (QED) is 0.167. The van der Waals surface area contributed by atoms with Gasteiger partial charge in [-0.25, -0.2) is 0 Å². The van der Waals surface area contributed by atoms with Gasteiger partial charge in [0, 0.05) is 0 Å². The van der Waals surface area contributed by atoms with Gasteiger partial charge in [-0.3, -0.25) is 4.90 Å². The third-order valence-electron chi connectivity index (χ3n) is 11.2. The van der Waals surface area contributed by atoms with E-state index >= 15 is 0 Å². The van der Waals surface area contributed by atoms with E-state index in [0.717, 1.165) is 0 Å². The van der Waals surface area contributed by atoms with Gasteiger partial charge in [-0.2, -0.15) is 10.0 Å². The number of fused-ring (bicyclic) bond motifs is 4. The molecular formula is C47H37N3. The zero-order valence-electron chi connectivity index (χ0n) is 28.0. The van der Waals surface area contributed by atoms with Gasteiger partial charge in [-0.15, -0.1) is 0 Å². The number of hydrazine groups is 1. The van der Waals surface area contributed by atoms with Crippen LogP contribution in [0.15, 0.2) is 188 Å². The Morgan fingerprint density at radius 1 is 0.400 bits per heavy atom. The number of benzene rings is 7. The van der Waals surface area contributed by atoms with Crippen molar-refractivity contribution in [3.05, 3.63) is 227 Å². The van der Waals surface area contributed by atoms with E-state index in [1.165, 1.54) is 61.2 Å². The smallest absolute Gasteiger partial charge is 0.119 e. The van der Waals surface area contributed by atoms with Gasteiger partial charge in [0.25, 0.3) is 0 Å². The van der Waals surface area contributed by atoms with E-state index in [1.54, 1.807) is 0 Å². The van der Waals surface area contributed by atoms with Crippen LogP contribution < -0.4 is 0 Å². The summed E-state index contributed by atoms with van der Waals surface area (Å²) in [5.74, 6) is 0. The highest BCUT2D eigenvalue weighted by Gasteiger charge is 2.64. The van der Waals surface area contributed by atoms with Gasteiger partial charge in [0.2, 0.25) is 0 Å². The maximum atomic E-state index is 2.61. The summed E-state index contributed by atoms with van der Waals surface area (Å²) < 4.78 is 0. The maximum Gasteiger partial charge on any atom is 0.119 e. The molecule has 0 amide bonds. The number of hydrogen-bond acceptors (Lipinski definition) is 3. The first-order valence-corrected chi connectivity index (χ1v) is 17.6. The third-order valence-corrected chi connectivity index (χ3v) is 11.2. The fraction of sp³-hybridized carbons (Fsp3) is 0.106. The minimum absolute atomic E-state index is 0.0457. The van der Waals surface area contributed by atoms with Crippen molar-refractivity contribution >= 4 is 0 Å². The highest BCUT2D eigenvalue weighted by Crippen LogP contribution is 2.64. The number of rotatable bonds is 6. The summed E-state index contributed by atoms with van der Waals surface area (Å²) in [5, 5.41) is 5.19. The van der Waals surface area contributed by atoms with Gasteiger partial charge in [0.1, 0.15) is 18.5 Å². The second-order valence-corrected chi connectivity index (χ2v) is 13.7. The summed E-state index contributed by atoms with van der Waals surface area (Å²) in [7, 11) is 2.30. The second kappa shape index (κ2) is 11.5. The molecule has 5 atom stereocenters. The molecule has 2 fully saturated rings. The van der Waals surface area contributed by atoms with Crippen molar-refractivity contribution in [1.29, 1.82) is 0 Å². The molecule has 10 rings (SSSR count). The summed E-state index contributed by atoms with van der Waals surface area (Å²) in [6.07, 6.45) is 0.330. The van der Waals surface area contributed by atoms with Gasteiger partial charge < -0.3 is 0 Å². The predicted molar refractivity (Wildman–Crippen MR) is 202 cm³/mol. The van der Waals surface area contributed by atoms with Crippen LogP contribution >= 0.6 is 0 Å². The first-order valence-electron chi connectivity index (χ1n) is 17.6. The molecule has 0 bridgehead atoms. The monoisotopic (exact) mass is 643 g/mol. The van der Waals surface area contributed by atoms with E-state index in [9.17, 15) is 0 Å². The maximum absolute atomic E-state index is 2.61. The fourth-order valence-electron chi connectivity index (χ4n) is 9.12. The predicted octanol–water partition coefficient (Wildman–Crippen LogP) is 10.6. The Hall–Kier alpha value is -5.58. The van der Waals surface area contributed by atoms with E-state index in [2.05, 4.69) is 210 Å². The van der Waals surface area contributed by atoms with Gasteiger partial charge in [0.15, 0.2) is 0 Å². The van der Waals surface area contributed by atoms with Gasteiger partial charge in [-0.05, 0) is 68.2 Å². The lowest BCUT2D eigenvalue weighted by atomic mass is 9.67. The molecule has 240 valence electrons. The minimum Gasteiger partial charge on any atom is -0.265 e. The molecule has 0 spiro atoms. The zero-order chi connectivity index (χ0) is 33.2. The first kappa shape index (κ1) is 29.3. The summed E-state index contributed by atoms with van der Waals surface area (Å²) in [6, 6.07) is 69.2. The van der Waals surface area contributed by atoms with E-state index in [1.807, 2.05) is 0 Å². The standard InChI is InChI=1S/C47H37N3/c1-48-44(35-19-8-3-9-20-35)49-45(36-31-29-34(30-32-36)33-17-6-2-7-18-33)50(49)46(48)40-26-16-28-42-43(40)39-25-14-15-27-41(39)47(42,37-21-10-4-11-22-37)38-23-12-5-13-24-38/h2-32,44-46H,1H3. The Balaban J connectivity index is 1.16. The molecule has 7 aromatic rings. The van der Waals surface area contributed by atoms with Gasteiger partial charge >= 0.3 is 0 Å². The lowest BCUT2D eigenvalue weighted by molar-refractivity contribution is 0.144. The van der Waals surface area contributed by atoms with Crippen LogP contribution in [-0.4, -0.2) is 22.0 Å². The molecule has 3 aliphatic rings. The molecule has 5 unspecified atom stereocenters. The summed E-state index contributed by atoms with van der Waals surface area (Å²) in [6.45, 7) is 0. The highest BCUT2D eigenvalue weighted by atomic mass is 16.0. The lowest BCUT2D eigenvalue weighted by Crippen LogP contribution is -2.31. The third kappa shape index (κ3) is 4.21. The topological polar surface area (TPSA) is 9.26 Å². The van der Waals surface area contributed by atoms with Gasteiger partial charge in [0.05, 0.1) is 5.41 Å². The zero-order valence-corrected chi connectivity index (χ0v) is 28.0. The highest BCUT2D eigenvalue weighted by molar-refractivity contribution is 5.88. The molecule has 0 saturated carbocycles. The van der Waals surface area contributed by atoms with Crippen LogP contribution in [0.5, 0.6) is 0 Å². The SMILES string of the molecule is CN1C(c2ccccc2)N2C(c3ccc(-c4ccccc4)cc3)N2C1c1cccc2c1-c1ccccc1C2(c1ccccc1)c1ccccc1. The largest absolute Gasteiger partial charge is 0.265 e. The fourth-order valence-corrected chi connectivity index (χ4v) is 9.12. The van der Waals surface area contributed by atoms with Crippen LogP contribution in [0.3, 0.4) is 0 Å². The Bertz CT molecular complexity index is 2260. The summed E-state index contributed by atoms with van der Waals surface area (Å²) in [4.78, 5) is 2.56. The molecule has 2 aliphatic heterocycles. The first-order chi connectivity index (χ1) is 24.8. The van der Waals surface area contributed by atoms with Crippen LogP contribution in [0.2, 0.25) is 0 Å². The van der Waals surface area contributed by atoms with Crippen LogP contribution in [0.25, 0.3) is 22.3 Å². The number of nitrogens with zero attached hydrogens (tertiary/aromatic N) is 3. The Morgan fingerprint density at radius 2 is 0.900 bits per heavy atom. The Labute approximate surface area is 294 Å². The molecule has 0 radical (unpaired) electrons. The van der Waals surface area contributed by atoms with E-state index in [0.29, 0.717) is 0 Å². The molecule has 2 heterocycles. The van der Waals surface area contributed by atoms with Crippen molar-refractivity contribution < 1.29 is 0 Å². The molecule has 2 saturated heterocycles. The summed E-state index contributed by atoms with van der Waals surface area (Å²) in [5.41, 5.74) is 14.0. The van der Waals surface area contributed by atoms with Gasteiger partial charge in [-0.1, -0.05) is 188 Å². The molecular weight excluding hydrogens is 607 g/mol. The van der Waals surface area contributed by atoms with E-state index in [4.69, 9.17) is 0 Å². The minimum atomic E-state index is -0.425. The van der Waals surface area contributed by atoms with Crippen molar-refractivity contribution in [2.45, 2.75) is 23.9 Å². The van der Waals surface area contributed by atoms with Crippen molar-refractivity contribution in [2.75, 3.05) is 7.05 Å². The normalized spacial score (nSPS) is 22.8. The van der Waals surface area contributed by atoms with Crippen LogP contribution in [0.4, 0.5) is 0 Å². The Morgan fingerprint density at radius 3 is 1.56 bits per heavy atom. The average Bonchev–Trinajstić information content (AvgIpc) is 3.70. The van der Waals surface area contributed by atoms with Crippen molar-refractivity contribution in [2.24, 2.45) is 0 Å². The van der Waals surface area contributed by atoms with E-state index < -0.39 is 5.41 Å². The lowest BCUT2D eigenvalue weighted by Gasteiger charge is -2.34. The average molecular weight is 644 g/mol. The molecule has 0 N–H and O–H groups in total. The Kier molecular flexibility index (Phi) is 6.75. The second-order valence-electron chi connectivity index (χ2n) is 13.7. The van der Waals surface area contributed by atoms with E-state index in [-0.39, 0.29) is 18.5 Å².